The second-order valence-electron chi connectivity index (χ2n) is 5.69. The van der Waals surface area contributed by atoms with E-state index in [2.05, 4.69) is 10.3 Å². The van der Waals surface area contributed by atoms with E-state index in [1.54, 1.807) is 6.92 Å². The number of carbonyl (C=O) groups is 2. The van der Waals surface area contributed by atoms with Gasteiger partial charge < -0.3 is 10.1 Å². The number of benzene rings is 1. The van der Waals surface area contributed by atoms with Crippen LogP contribution < -0.4 is 5.32 Å². The zero-order valence-electron chi connectivity index (χ0n) is 15.3. The molecule has 28 heavy (non-hydrogen) atoms. The number of anilines is 1. The highest BCUT2D eigenvalue weighted by Crippen LogP contribution is 2.18. The smallest absolute Gasteiger partial charge is 0.357 e. The molecule has 11 heteroatoms. The van der Waals surface area contributed by atoms with Crippen molar-refractivity contribution >= 4 is 38.4 Å². The molecule has 0 bridgehead atoms. The zero-order valence-corrected chi connectivity index (χ0v) is 17.0. The molecule has 0 atom stereocenters. The molecule has 0 spiro atoms. The Morgan fingerprint density at radius 1 is 1.29 bits per heavy atom. The maximum absolute atomic E-state index is 12.9. The Kier molecular flexibility index (Phi) is 7.61. The zero-order chi connectivity index (χ0) is 20.7. The molecule has 8 nitrogen and oxygen atoms in total. The molecule has 0 aliphatic carbocycles. The van der Waals surface area contributed by atoms with E-state index < -0.39 is 21.8 Å². The van der Waals surface area contributed by atoms with Gasteiger partial charge in [-0.05, 0) is 37.6 Å². The van der Waals surface area contributed by atoms with Gasteiger partial charge in [-0.3, -0.25) is 4.79 Å². The van der Waals surface area contributed by atoms with Gasteiger partial charge in [0.15, 0.2) is 10.8 Å². The molecule has 0 aliphatic heterocycles. The Hall–Kier alpha value is -2.37. The predicted molar refractivity (Wildman–Crippen MR) is 102 cm³/mol. The van der Waals surface area contributed by atoms with Gasteiger partial charge in [0.25, 0.3) is 0 Å². The number of sulfonamides is 1. The number of thiazole rings is 1. The first-order valence-electron chi connectivity index (χ1n) is 8.38. The van der Waals surface area contributed by atoms with Crippen molar-refractivity contribution in [2.24, 2.45) is 0 Å². The largest absolute Gasteiger partial charge is 0.461 e. The lowest BCUT2D eigenvalue weighted by molar-refractivity contribution is -0.116. The van der Waals surface area contributed by atoms with E-state index in [-0.39, 0.29) is 47.6 Å². The van der Waals surface area contributed by atoms with E-state index in [9.17, 15) is 22.4 Å². The summed E-state index contributed by atoms with van der Waals surface area (Å²) in [5, 5.41) is 4.31. The molecule has 2 aromatic rings. The molecule has 1 aromatic carbocycles. The summed E-state index contributed by atoms with van der Waals surface area (Å²) >= 11 is 1.09. The number of rotatable bonds is 9. The average molecular weight is 429 g/mol. The third kappa shape index (κ3) is 5.81. The second-order valence-corrected chi connectivity index (χ2v) is 8.59. The summed E-state index contributed by atoms with van der Waals surface area (Å²) in [6.45, 7) is 2.02. The number of carbonyl (C=O) groups excluding carboxylic acids is 2. The van der Waals surface area contributed by atoms with Crippen molar-refractivity contribution in [3.05, 3.63) is 41.2 Å². The van der Waals surface area contributed by atoms with Crippen LogP contribution in [0, 0.1) is 5.82 Å². The van der Waals surface area contributed by atoms with E-state index in [0.29, 0.717) is 0 Å². The van der Waals surface area contributed by atoms with Crippen molar-refractivity contribution in [1.82, 2.24) is 9.29 Å². The monoisotopic (exact) mass is 429 g/mol. The third-order valence-corrected chi connectivity index (χ3v) is 6.26. The standard InChI is InChI=1S/C17H20FN3O5S2/c1-3-26-16(23)14-11-27-17(19-14)20-15(22)5-4-10-21(2)28(24,25)13-8-6-12(18)7-9-13/h6-9,11H,3-5,10H2,1-2H3,(H,19,20,22). The predicted octanol–water partition coefficient (Wildman–Crippen LogP) is 2.50. The number of hydrogen-bond donors (Lipinski definition) is 1. The fourth-order valence-corrected chi connectivity index (χ4v) is 4.09. The van der Waals surface area contributed by atoms with Crippen molar-refractivity contribution in [3.63, 3.8) is 0 Å². The van der Waals surface area contributed by atoms with Crippen LogP contribution in [0.3, 0.4) is 0 Å². The second kappa shape index (κ2) is 9.71. The van der Waals surface area contributed by atoms with Gasteiger partial charge in [-0.1, -0.05) is 0 Å². The molecular weight excluding hydrogens is 409 g/mol. The Bertz CT molecular complexity index is 929. The van der Waals surface area contributed by atoms with Gasteiger partial charge in [0.2, 0.25) is 15.9 Å². The van der Waals surface area contributed by atoms with Crippen LogP contribution in [0.5, 0.6) is 0 Å². The minimum absolute atomic E-state index is 0.0184. The molecule has 1 amide bonds. The lowest BCUT2D eigenvalue weighted by atomic mass is 10.3. The fraction of sp³-hybridized carbons (Fsp3) is 0.353. The Labute approximate surface area is 166 Å². The van der Waals surface area contributed by atoms with Gasteiger partial charge in [0.1, 0.15) is 5.82 Å². The molecular formula is C17H20FN3O5S2. The van der Waals surface area contributed by atoms with Crippen molar-refractivity contribution < 1.29 is 27.1 Å². The number of nitrogens with zero attached hydrogens (tertiary/aromatic N) is 2. The van der Waals surface area contributed by atoms with Crippen LogP contribution in [0.15, 0.2) is 34.5 Å². The number of esters is 1. The van der Waals surface area contributed by atoms with E-state index in [4.69, 9.17) is 4.74 Å². The highest BCUT2D eigenvalue weighted by Gasteiger charge is 2.20. The minimum Gasteiger partial charge on any atom is -0.461 e. The molecule has 0 fully saturated rings. The molecule has 152 valence electrons. The highest BCUT2D eigenvalue weighted by molar-refractivity contribution is 7.89. The molecule has 0 saturated carbocycles. The summed E-state index contributed by atoms with van der Waals surface area (Å²) in [6, 6.07) is 4.54. The number of hydrogen-bond acceptors (Lipinski definition) is 7. The van der Waals surface area contributed by atoms with Crippen LogP contribution in [0.2, 0.25) is 0 Å². The van der Waals surface area contributed by atoms with E-state index in [1.807, 2.05) is 0 Å². The van der Waals surface area contributed by atoms with Crippen LogP contribution in [0.25, 0.3) is 0 Å². The highest BCUT2D eigenvalue weighted by atomic mass is 32.2. The van der Waals surface area contributed by atoms with E-state index in [0.717, 1.165) is 27.8 Å². The molecule has 1 aromatic heterocycles. The molecule has 0 saturated heterocycles. The summed E-state index contributed by atoms with van der Waals surface area (Å²) in [5.41, 5.74) is 0.118. The average Bonchev–Trinajstić information content (AvgIpc) is 3.10. The quantitative estimate of drug-likeness (QED) is 0.614. The van der Waals surface area contributed by atoms with Crippen LogP contribution in [-0.2, 0) is 19.6 Å². The maximum Gasteiger partial charge on any atom is 0.357 e. The minimum atomic E-state index is -3.75. The normalized spacial score (nSPS) is 11.4. The van der Waals surface area contributed by atoms with Gasteiger partial charge >= 0.3 is 5.97 Å². The van der Waals surface area contributed by atoms with Gasteiger partial charge in [0, 0.05) is 25.4 Å². The van der Waals surface area contributed by atoms with Crippen molar-refractivity contribution in [1.29, 1.82) is 0 Å². The SMILES string of the molecule is CCOC(=O)c1csc(NC(=O)CCCN(C)S(=O)(=O)c2ccc(F)cc2)n1. The van der Waals surface area contributed by atoms with Gasteiger partial charge in [0.05, 0.1) is 11.5 Å². The number of nitrogens with one attached hydrogen (secondary N) is 1. The first kappa shape index (κ1) is 21.9. The van der Waals surface area contributed by atoms with Gasteiger partial charge in [-0.25, -0.2) is 26.9 Å². The van der Waals surface area contributed by atoms with E-state index >= 15 is 0 Å². The van der Waals surface area contributed by atoms with Gasteiger partial charge in [-0.2, -0.15) is 0 Å². The first-order chi connectivity index (χ1) is 13.2. The summed E-state index contributed by atoms with van der Waals surface area (Å²) in [5.74, 6) is -1.43. The lowest BCUT2D eigenvalue weighted by Gasteiger charge is -2.16. The Morgan fingerprint density at radius 3 is 2.61 bits per heavy atom. The maximum atomic E-state index is 12.9. The molecule has 1 heterocycles. The molecule has 1 N–H and O–H groups in total. The van der Waals surface area contributed by atoms with Crippen LogP contribution in [0.1, 0.15) is 30.3 Å². The van der Waals surface area contributed by atoms with Crippen LogP contribution in [-0.4, -0.2) is 49.8 Å². The van der Waals surface area contributed by atoms with Crippen LogP contribution in [0.4, 0.5) is 9.52 Å². The summed E-state index contributed by atoms with van der Waals surface area (Å²) in [4.78, 5) is 27.5. The number of ether oxygens (including phenoxy) is 1. The fourth-order valence-electron chi connectivity index (χ4n) is 2.18. The molecule has 2 rings (SSSR count). The van der Waals surface area contributed by atoms with E-state index in [1.165, 1.54) is 24.6 Å². The third-order valence-electron chi connectivity index (χ3n) is 3.63. The number of halogens is 1. The Balaban J connectivity index is 1.83. The van der Waals surface area contributed by atoms with Crippen molar-refractivity contribution in [2.75, 3.05) is 25.5 Å². The number of amides is 1. The summed E-state index contributed by atoms with van der Waals surface area (Å²) < 4.78 is 43.6. The lowest BCUT2D eigenvalue weighted by Crippen LogP contribution is -2.28. The topological polar surface area (TPSA) is 106 Å². The molecule has 0 aliphatic rings. The van der Waals surface area contributed by atoms with Crippen LogP contribution >= 0.6 is 11.3 Å². The van der Waals surface area contributed by atoms with Gasteiger partial charge in [-0.15, -0.1) is 11.3 Å². The van der Waals surface area contributed by atoms with Crippen molar-refractivity contribution in [2.45, 2.75) is 24.7 Å². The molecule has 0 unspecified atom stereocenters. The Morgan fingerprint density at radius 2 is 1.96 bits per heavy atom. The first-order valence-corrected chi connectivity index (χ1v) is 10.7. The summed E-state index contributed by atoms with van der Waals surface area (Å²) in [7, 11) is -2.36. The molecule has 0 radical (unpaired) electrons. The number of aromatic nitrogens is 1. The van der Waals surface area contributed by atoms with Crippen molar-refractivity contribution in [3.8, 4) is 0 Å². The summed E-state index contributed by atoms with van der Waals surface area (Å²) in [6.07, 6.45) is 0.344.